The van der Waals surface area contributed by atoms with Crippen LogP contribution in [0.15, 0.2) is 30.3 Å². The van der Waals surface area contributed by atoms with Crippen LogP contribution in [0.5, 0.6) is 0 Å². The van der Waals surface area contributed by atoms with Gasteiger partial charge in [-0.15, -0.1) is 0 Å². The van der Waals surface area contributed by atoms with E-state index in [2.05, 4.69) is 50.4 Å². The Morgan fingerprint density at radius 1 is 0.811 bits per heavy atom. The van der Waals surface area contributed by atoms with E-state index in [9.17, 15) is 4.79 Å². The van der Waals surface area contributed by atoms with Gasteiger partial charge in [-0.3, -0.25) is 0 Å². The Labute approximate surface area is 233 Å². The third-order valence-electron chi connectivity index (χ3n) is 7.41. The van der Waals surface area contributed by atoms with Crippen molar-refractivity contribution in [2.24, 2.45) is 0 Å². The Morgan fingerprint density at radius 3 is 1.89 bits per heavy atom. The van der Waals surface area contributed by atoms with Gasteiger partial charge in [0, 0.05) is 0 Å². The predicted molar refractivity (Wildman–Crippen MR) is 162 cm³/mol. The number of amides is 1. The van der Waals surface area contributed by atoms with Gasteiger partial charge in [-0.2, -0.15) is 0 Å². The summed E-state index contributed by atoms with van der Waals surface area (Å²) >= 11 is -2.62. The molecule has 4 nitrogen and oxygen atoms in total. The normalized spacial score (nSPS) is 12.9. The van der Waals surface area contributed by atoms with Crippen LogP contribution < -0.4 is 5.32 Å². The molecule has 0 spiro atoms. The molecule has 0 aromatic heterocycles. The molecule has 1 aromatic rings. The standard InChI is InChI=1S/C20H32NO3.3C4H9.Sn/c1-20(2,3)24-19(22)21-15-11-6-4-5-7-12-16-23-17-18-13-9-8-10-14-18;3*1-3-4-2;/h8-10,13-15H,4-7,11-12,16-17H2,1-3H3,(H,21,22);3*1,3-4H2,2H3;. The Balaban J connectivity index is 2.67. The summed E-state index contributed by atoms with van der Waals surface area (Å²) in [6, 6.07) is 10.4. The van der Waals surface area contributed by atoms with E-state index in [0.29, 0.717) is 10.7 Å². The van der Waals surface area contributed by atoms with Crippen molar-refractivity contribution < 1.29 is 14.3 Å². The number of unbranched alkanes of at least 4 members (excludes halogenated alkanes) is 7. The molecule has 1 aromatic carbocycles. The first-order valence-electron chi connectivity index (χ1n) is 15.4. The van der Waals surface area contributed by atoms with Crippen molar-refractivity contribution in [1.29, 1.82) is 0 Å². The van der Waals surface area contributed by atoms with Crippen molar-refractivity contribution in [3.8, 4) is 0 Å². The van der Waals surface area contributed by atoms with Crippen molar-refractivity contribution in [2.75, 3.05) is 6.61 Å². The van der Waals surface area contributed by atoms with E-state index < -0.39 is 24.0 Å². The van der Waals surface area contributed by atoms with Crippen molar-refractivity contribution in [1.82, 2.24) is 5.32 Å². The first-order valence-corrected chi connectivity index (χ1v) is 23.1. The SMILES string of the molecule is CCC[CH2][Sn]([CH2]CCC)([CH2]CCC)[C@@H](CCCCCCCOCc1ccccc1)NC(=O)OC(C)(C)C. The van der Waals surface area contributed by atoms with E-state index in [-0.39, 0.29) is 6.09 Å². The molecule has 0 saturated carbocycles. The third-order valence-corrected chi connectivity index (χ3v) is 24.4. The van der Waals surface area contributed by atoms with Crippen molar-refractivity contribution in [3.63, 3.8) is 0 Å². The number of benzene rings is 1. The minimum atomic E-state index is -2.62. The molecule has 1 N–H and O–H groups in total. The Bertz CT molecular complexity index is 667. The molecule has 0 saturated heterocycles. The summed E-state index contributed by atoms with van der Waals surface area (Å²) in [7, 11) is 0. The zero-order valence-electron chi connectivity index (χ0n) is 25.2. The maximum atomic E-state index is 13.0. The summed E-state index contributed by atoms with van der Waals surface area (Å²) in [5, 5.41) is 3.49. The van der Waals surface area contributed by atoms with Gasteiger partial charge < -0.3 is 0 Å². The quantitative estimate of drug-likeness (QED) is 0.109. The number of carbonyl (C=O) groups excluding carboxylic acids is 1. The number of rotatable bonds is 21. The predicted octanol–water partition coefficient (Wildman–Crippen LogP) is 9.83. The molecule has 5 heteroatoms. The van der Waals surface area contributed by atoms with E-state index in [4.69, 9.17) is 9.47 Å². The maximum absolute atomic E-state index is 13.0. The molecule has 0 aliphatic rings. The van der Waals surface area contributed by atoms with E-state index in [1.165, 1.54) is 83.1 Å². The van der Waals surface area contributed by atoms with Crippen molar-refractivity contribution in [2.45, 2.75) is 148 Å². The number of carbonyl (C=O) groups is 1. The average Bonchev–Trinajstić information content (AvgIpc) is 2.86. The number of hydrogen-bond donors (Lipinski definition) is 1. The first kappa shape index (κ1) is 34.3. The molecule has 0 heterocycles. The first-order chi connectivity index (χ1) is 17.8. The molecule has 0 aliphatic heterocycles. The Hall–Kier alpha value is -0.751. The van der Waals surface area contributed by atoms with Crippen LogP contribution in [-0.4, -0.2) is 40.7 Å². The summed E-state index contributed by atoms with van der Waals surface area (Å²) in [4.78, 5) is 13.0. The van der Waals surface area contributed by atoms with E-state index >= 15 is 0 Å². The van der Waals surface area contributed by atoms with Gasteiger partial charge in [0.2, 0.25) is 0 Å². The molecule has 0 unspecified atom stereocenters. The minimum absolute atomic E-state index is 0.196. The Kier molecular flexibility index (Phi) is 18.7. The molecule has 0 bridgehead atoms. The van der Waals surface area contributed by atoms with Crippen LogP contribution in [0.1, 0.15) is 124 Å². The van der Waals surface area contributed by atoms with E-state index in [1.807, 2.05) is 26.8 Å². The summed E-state index contributed by atoms with van der Waals surface area (Å²) in [5.74, 6) is 0. The van der Waals surface area contributed by atoms with Gasteiger partial charge in [-0.05, 0) is 0 Å². The van der Waals surface area contributed by atoms with Crippen molar-refractivity contribution in [3.05, 3.63) is 35.9 Å². The van der Waals surface area contributed by atoms with Gasteiger partial charge in [-0.25, -0.2) is 0 Å². The molecule has 0 aliphatic carbocycles. The fourth-order valence-corrected chi connectivity index (χ4v) is 23.0. The van der Waals surface area contributed by atoms with Gasteiger partial charge in [0.15, 0.2) is 0 Å². The molecule has 0 radical (unpaired) electrons. The van der Waals surface area contributed by atoms with Crippen LogP contribution in [0.3, 0.4) is 0 Å². The van der Waals surface area contributed by atoms with Gasteiger partial charge in [0.1, 0.15) is 0 Å². The second kappa shape index (κ2) is 20.2. The van der Waals surface area contributed by atoms with E-state index in [1.54, 1.807) is 0 Å². The number of hydrogen-bond acceptors (Lipinski definition) is 3. The van der Waals surface area contributed by atoms with Crippen LogP contribution in [0, 0.1) is 0 Å². The second-order valence-electron chi connectivity index (χ2n) is 12.0. The molecule has 0 fully saturated rings. The molecular formula is C32H59NO3Sn. The van der Waals surface area contributed by atoms with E-state index in [0.717, 1.165) is 19.4 Å². The monoisotopic (exact) mass is 625 g/mol. The summed E-state index contributed by atoms with van der Waals surface area (Å²) in [6.07, 6.45) is 14.7. The van der Waals surface area contributed by atoms with Crippen LogP contribution in [0.4, 0.5) is 4.79 Å². The molecule has 1 rings (SSSR count). The zero-order chi connectivity index (χ0) is 27.4. The van der Waals surface area contributed by atoms with Crippen LogP contribution >= 0.6 is 0 Å². The fraction of sp³-hybridized carbons (Fsp3) is 0.781. The number of ether oxygens (including phenoxy) is 2. The second-order valence-corrected chi connectivity index (χ2v) is 26.0. The Morgan fingerprint density at radius 2 is 1.35 bits per heavy atom. The van der Waals surface area contributed by atoms with Crippen LogP contribution in [-0.2, 0) is 16.1 Å². The molecule has 1 atom stereocenters. The summed E-state index contributed by atoms with van der Waals surface area (Å²) in [5.41, 5.74) is 0.793. The molecule has 214 valence electrons. The summed E-state index contributed by atoms with van der Waals surface area (Å²) < 4.78 is 16.2. The number of nitrogens with one attached hydrogen (secondary N) is 1. The number of alkyl carbamates (subject to hydrolysis) is 1. The topological polar surface area (TPSA) is 47.6 Å². The fourth-order valence-electron chi connectivity index (χ4n) is 5.31. The van der Waals surface area contributed by atoms with Gasteiger partial charge in [-0.1, -0.05) is 18.2 Å². The third kappa shape index (κ3) is 16.1. The average molecular weight is 625 g/mol. The van der Waals surface area contributed by atoms with Gasteiger partial charge in [0.05, 0.1) is 0 Å². The zero-order valence-corrected chi connectivity index (χ0v) is 28.1. The molecule has 1 amide bonds. The van der Waals surface area contributed by atoms with Gasteiger partial charge >= 0.3 is 217 Å². The van der Waals surface area contributed by atoms with Crippen LogP contribution in [0.2, 0.25) is 13.3 Å². The van der Waals surface area contributed by atoms with Crippen LogP contribution in [0.25, 0.3) is 0 Å². The molecular weight excluding hydrogens is 565 g/mol. The van der Waals surface area contributed by atoms with Gasteiger partial charge in [0.25, 0.3) is 0 Å². The summed E-state index contributed by atoms with van der Waals surface area (Å²) in [6.45, 7) is 14.4. The molecule has 37 heavy (non-hydrogen) atoms. The van der Waals surface area contributed by atoms with Crippen molar-refractivity contribution >= 4 is 24.5 Å².